The average molecular weight is 453 g/mol. The molecule has 0 aromatic carbocycles. The maximum atomic E-state index is 13.2. The molecule has 8 heteroatoms. The van der Waals surface area contributed by atoms with Gasteiger partial charge in [0, 0.05) is 63.2 Å². The predicted molar refractivity (Wildman–Crippen MR) is 126 cm³/mol. The summed E-state index contributed by atoms with van der Waals surface area (Å²) < 4.78 is 2.11. The number of carbonyl (C=O) groups excluding carboxylic acids is 2. The van der Waals surface area contributed by atoms with Crippen LogP contribution in [0, 0.1) is 12.8 Å². The van der Waals surface area contributed by atoms with Gasteiger partial charge in [0.25, 0.3) is 5.91 Å². The standard InChI is InChI=1S/C25H36N6O2/c1-18(2)24-26-10-15-29(24)14-9-23(32)31-11-5-4-6-22(31)20-7-12-30(13-8-20)25(33)21-17-27-19(3)16-28-21/h10,15-18,20,22H,4-9,11-14H2,1-3H3. The van der Waals surface area contributed by atoms with Crippen LogP contribution >= 0.6 is 0 Å². The maximum Gasteiger partial charge on any atom is 0.274 e. The van der Waals surface area contributed by atoms with Gasteiger partial charge in [0.15, 0.2) is 0 Å². The predicted octanol–water partition coefficient (Wildman–Crippen LogP) is 3.43. The third kappa shape index (κ3) is 5.42. The second-order valence-corrected chi connectivity index (χ2v) is 9.71. The van der Waals surface area contributed by atoms with E-state index in [1.54, 1.807) is 12.4 Å². The van der Waals surface area contributed by atoms with Crippen molar-refractivity contribution in [1.82, 2.24) is 29.3 Å². The number of hydrogen-bond acceptors (Lipinski definition) is 5. The van der Waals surface area contributed by atoms with Crippen LogP contribution in [-0.2, 0) is 11.3 Å². The van der Waals surface area contributed by atoms with Crippen LogP contribution in [0.2, 0.25) is 0 Å². The van der Waals surface area contributed by atoms with Gasteiger partial charge in [-0.3, -0.25) is 14.6 Å². The van der Waals surface area contributed by atoms with E-state index in [4.69, 9.17) is 0 Å². The van der Waals surface area contributed by atoms with Gasteiger partial charge in [0.1, 0.15) is 11.5 Å². The summed E-state index contributed by atoms with van der Waals surface area (Å²) in [5.41, 5.74) is 1.22. The first kappa shape index (κ1) is 23.4. The lowest BCUT2D eigenvalue weighted by atomic mass is 9.83. The molecule has 0 aliphatic carbocycles. The quantitative estimate of drug-likeness (QED) is 0.670. The molecule has 0 saturated carbocycles. The van der Waals surface area contributed by atoms with Crippen molar-refractivity contribution in [3.63, 3.8) is 0 Å². The van der Waals surface area contributed by atoms with Crippen LogP contribution < -0.4 is 0 Å². The van der Waals surface area contributed by atoms with E-state index < -0.39 is 0 Å². The third-order valence-corrected chi connectivity index (χ3v) is 7.07. The molecule has 2 amide bonds. The summed E-state index contributed by atoms with van der Waals surface area (Å²) in [4.78, 5) is 42.9. The van der Waals surface area contributed by atoms with Gasteiger partial charge in [0.05, 0.1) is 11.9 Å². The second-order valence-electron chi connectivity index (χ2n) is 9.71. The summed E-state index contributed by atoms with van der Waals surface area (Å²) in [7, 11) is 0. The molecule has 2 fully saturated rings. The molecule has 0 spiro atoms. The van der Waals surface area contributed by atoms with Crippen molar-refractivity contribution in [2.75, 3.05) is 19.6 Å². The van der Waals surface area contributed by atoms with Crippen LogP contribution in [0.15, 0.2) is 24.8 Å². The lowest BCUT2D eigenvalue weighted by Crippen LogP contribution is -2.51. The second kappa shape index (κ2) is 10.4. The third-order valence-electron chi connectivity index (χ3n) is 7.07. The topological polar surface area (TPSA) is 84.2 Å². The number of amides is 2. The van der Waals surface area contributed by atoms with E-state index in [9.17, 15) is 9.59 Å². The summed E-state index contributed by atoms with van der Waals surface area (Å²) in [6, 6.07) is 0.287. The number of imidazole rings is 1. The Morgan fingerprint density at radius 3 is 2.52 bits per heavy atom. The molecule has 2 aromatic heterocycles. The number of rotatable bonds is 6. The monoisotopic (exact) mass is 452 g/mol. The van der Waals surface area contributed by atoms with Gasteiger partial charge in [-0.15, -0.1) is 0 Å². The summed E-state index contributed by atoms with van der Waals surface area (Å²) in [5.74, 6) is 2.03. The number of carbonyl (C=O) groups is 2. The van der Waals surface area contributed by atoms with Crippen LogP contribution in [0.25, 0.3) is 0 Å². The van der Waals surface area contributed by atoms with Crippen molar-refractivity contribution < 1.29 is 9.59 Å². The van der Waals surface area contributed by atoms with Gasteiger partial charge in [-0.05, 0) is 44.9 Å². The highest BCUT2D eigenvalue weighted by Crippen LogP contribution is 2.31. The number of hydrogen-bond donors (Lipinski definition) is 0. The maximum absolute atomic E-state index is 13.2. The van der Waals surface area contributed by atoms with Gasteiger partial charge in [-0.2, -0.15) is 0 Å². The first-order chi connectivity index (χ1) is 15.9. The highest BCUT2D eigenvalue weighted by atomic mass is 16.2. The Morgan fingerprint density at radius 2 is 1.82 bits per heavy atom. The molecule has 0 N–H and O–H groups in total. The minimum atomic E-state index is -0.0428. The van der Waals surface area contributed by atoms with Crippen molar-refractivity contribution in [3.05, 3.63) is 42.0 Å². The lowest BCUT2D eigenvalue weighted by Gasteiger charge is -2.43. The Kier molecular flexibility index (Phi) is 7.40. The van der Waals surface area contributed by atoms with Gasteiger partial charge in [-0.25, -0.2) is 9.97 Å². The number of aromatic nitrogens is 4. The van der Waals surface area contributed by atoms with Crippen molar-refractivity contribution in [3.8, 4) is 0 Å². The molecule has 4 rings (SSSR count). The molecule has 1 atom stereocenters. The van der Waals surface area contributed by atoms with E-state index in [1.165, 1.54) is 6.42 Å². The van der Waals surface area contributed by atoms with Gasteiger partial charge < -0.3 is 14.4 Å². The van der Waals surface area contributed by atoms with Crippen LogP contribution in [0.5, 0.6) is 0 Å². The zero-order valence-corrected chi connectivity index (χ0v) is 20.1. The van der Waals surface area contributed by atoms with Gasteiger partial charge in [-0.1, -0.05) is 13.8 Å². The summed E-state index contributed by atoms with van der Waals surface area (Å²) in [6.45, 7) is 9.08. The fraction of sp³-hybridized carbons (Fsp3) is 0.640. The fourth-order valence-electron chi connectivity index (χ4n) is 5.28. The van der Waals surface area contributed by atoms with Crippen LogP contribution in [0.1, 0.15) is 80.3 Å². The molecular weight excluding hydrogens is 416 g/mol. The molecule has 2 aliphatic rings. The Balaban J connectivity index is 1.33. The highest BCUT2D eigenvalue weighted by molar-refractivity contribution is 5.92. The normalized spacial score (nSPS) is 19.8. The van der Waals surface area contributed by atoms with E-state index in [1.807, 2.05) is 24.2 Å². The average Bonchev–Trinajstić information content (AvgIpc) is 3.32. The molecular formula is C25H36N6O2. The Bertz CT molecular complexity index is 946. The van der Waals surface area contributed by atoms with Gasteiger partial charge >= 0.3 is 0 Å². The highest BCUT2D eigenvalue weighted by Gasteiger charge is 2.35. The minimum absolute atomic E-state index is 0.0428. The van der Waals surface area contributed by atoms with Crippen molar-refractivity contribution in [1.29, 1.82) is 0 Å². The fourth-order valence-corrected chi connectivity index (χ4v) is 5.28. The van der Waals surface area contributed by atoms with Crippen LogP contribution in [-0.4, -0.2) is 66.8 Å². The molecule has 178 valence electrons. The summed E-state index contributed by atoms with van der Waals surface area (Å²) >= 11 is 0. The molecule has 8 nitrogen and oxygen atoms in total. The van der Waals surface area contributed by atoms with E-state index >= 15 is 0 Å². The first-order valence-corrected chi connectivity index (χ1v) is 12.3. The lowest BCUT2D eigenvalue weighted by molar-refractivity contribution is -0.137. The Morgan fingerprint density at radius 1 is 1.03 bits per heavy atom. The summed E-state index contributed by atoms with van der Waals surface area (Å²) in [6.07, 6.45) is 12.7. The van der Waals surface area contributed by atoms with E-state index in [0.717, 1.165) is 43.7 Å². The molecule has 33 heavy (non-hydrogen) atoms. The Labute approximate surface area is 196 Å². The van der Waals surface area contributed by atoms with Crippen LogP contribution in [0.4, 0.5) is 0 Å². The first-order valence-electron chi connectivity index (χ1n) is 12.3. The van der Waals surface area contributed by atoms with Crippen molar-refractivity contribution in [2.24, 2.45) is 5.92 Å². The molecule has 0 bridgehead atoms. The van der Waals surface area contributed by atoms with E-state index in [0.29, 0.717) is 43.6 Å². The Hall–Kier alpha value is -2.77. The molecule has 4 heterocycles. The van der Waals surface area contributed by atoms with Crippen molar-refractivity contribution >= 4 is 11.8 Å². The van der Waals surface area contributed by atoms with Crippen LogP contribution in [0.3, 0.4) is 0 Å². The SMILES string of the molecule is Cc1cnc(C(=O)N2CCC(C3CCCCN3C(=O)CCn3ccnc3C(C)C)CC2)cn1. The number of likely N-dealkylation sites (tertiary alicyclic amines) is 2. The van der Waals surface area contributed by atoms with E-state index in [2.05, 4.69) is 38.3 Å². The molecule has 2 aromatic rings. The van der Waals surface area contributed by atoms with E-state index in [-0.39, 0.29) is 17.9 Å². The molecule has 2 aliphatic heterocycles. The zero-order chi connectivity index (χ0) is 23.4. The van der Waals surface area contributed by atoms with Gasteiger partial charge in [0.2, 0.25) is 5.91 Å². The molecule has 0 radical (unpaired) electrons. The number of piperidine rings is 2. The zero-order valence-electron chi connectivity index (χ0n) is 20.1. The minimum Gasteiger partial charge on any atom is -0.339 e. The largest absolute Gasteiger partial charge is 0.339 e. The summed E-state index contributed by atoms with van der Waals surface area (Å²) in [5, 5.41) is 0. The number of aryl methyl sites for hydroxylation is 2. The van der Waals surface area contributed by atoms with Crippen molar-refractivity contribution in [2.45, 2.75) is 77.8 Å². The number of nitrogens with zero attached hydrogens (tertiary/aromatic N) is 6. The smallest absolute Gasteiger partial charge is 0.274 e. The molecule has 1 unspecified atom stereocenters. The molecule has 2 saturated heterocycles.